The summed E-state index contributed by atoms with van der Waals surface area (Å²) in [6.07, 6.45) is -0.610. The van der Waals surface area contributed by atoms with Crippen molar-refractivity contribution in [1.82, 2.24) is 5.32 Å². The first-order valence-corrected chi connectivity index (χ1v) is 7.93. The van der Waals surface area contributed by atoms with E-state index in [-0.39, 0.29) is 25.7 Å². The summed E-state index contributed by atoms with van der Waals surface area (Å²) in [5, 5.41) is 2.40. The zero-order chi connectivity index (χ0) is 17.9. The zero-order valence-corrected chi connectivity index (χ0v) is 14.0. The Morgan fingerprint density at radius 1 is 0.880 bits per heavy atom. The Balaban J connectivity index is 1.89. The van der Waals surface area contributed by atoms with Gasteiger partial charge in [0.15, 0.2) is 6.10 Å². The van der Waals surface area contributed by atoms with Crippen molar-refractivity contribution in [2.45, 2.75) is 13.0 Å². The monoisotopic (exact) mass is 343 g/mol. The minimum Gasteiger partial charge on any atom is -0.490 e. The van der Waals surface area contributed by atoms with E-state index in [2.05, 4.69) is 5.32 Å². The van der Waals surface area contributed by atoms with Crippen molar-refractivity contribution < 1.29 is 23.8 Å². The Morgan fingerprint density at radius 3 is 1.80 bits per heavy atom. The standard InChI is InChI=1S/C19H21NO5/c1-15(21)20-12-19(22)25-18(13-23-16-8-4-2-5-9-16)14-24-17-10-6-3-7-11-17/h2-11,18H,12-14H2,1H3,(H,20,21). The van der Waals surface area contributed by atoms with Crippen LogP contribution in [0.4, 0.5) is 0 Å². The van der Waals surface area contributed by atoms with Crippen LogP contribution < -0.4 is 14.8 Å². The van der Waals surface area contributed by atoms with Crippen molar-refractivity contribution >= 4 is 11.9 Å². The van der Waals surface area contributed by atoms with Crippen LogP contribution in [0.2, 0.25) is 0 Å². The lowest BCUT2D eigenvalue weighted by molar-refractivity contribution is -0.152. The van der Waals surface area contributed by atoms with Crippen molar-refractivity contribution in [3.05, 3.63) is 60.7 Å². The van der Waals surface area contributed by atoms with Gasteiger partial charge in [0.1, 0.15) is 31.3 Å². The van der Waals surface area contributed by atoms with E-state index in [4.69, 9.17) is 14.2 Å². The summed E-state index contributed by atoms with van der Waals surface area (Å²) in [5.41, 5.74) is 0. The number of carbonyl (C=O) groups is 2. The maximum Gasteiger partial charge on any atom is 0.325 e. The lowest BCUT2D eigenvalue weighted by atomic mass is 10.3. The predicted molar refractivity (Wildman–Crippen MR) is 92.4 cm³/mol. The number of rotatable bonds is 9. The molecule has 0 bridgehead atoms. The molecule has 1 amide bonds. The van der Waals surface area contributed by atoms with Crippen LogP contribution in [0.15, 0.2) is 60.7 Å². The maximum atomic E-state index is 11.8. The number of nitrogens with one attached hydrogen (secondary N) is 1. The van der Waals surface area contributed by atoms with Crippen LogP contribution in [-0.4, -0.2) is 37.7 Å². The molecule has 6 nitrogen and oxygen atoms in total. The number of amides is 1. The molecule has 6 heteroatoms. The lowest BCUT2D eigenvalue weighted by Crippen LogP contribution is -2.36. The van der Waals surface area contributed by atoms with Crippen molar-refractivity contribution in [3.8, 4) is 11.5 Å². The minimum absolute atomic E-state index is 0.142. The molecule has 0 unspecified atom stereocenters. The molecule has 0 saturated carbocycles. The maximum absolute atomic E-state index is 11.8. The van der Waals surface area contributed by atoms with Crippen LogP contribution in [0.3, 0.4) is 0 Å². The molecule has 25 heavy (non-hydrogen) atoms. The fraction of sp³-hybridized carbons (Fsp3) is 0.263. The predicted octanol–water partition coefficient (Wildman–Crippen LogP) is 2.19. The molecular formula is C19H21NO5. The number of para-hydroxylation sites is 2. The van der Waals surface area contributed by atoms with Crippen LogP contribution in [0.5, 0.6) is 11.5 Å². The molecular weight excluding hydrogens is 322 g/mol. The molecule has 132 valence electrons. The van der Waals surface area contributed by atoms with Gasteiger partial charge in [-0.15, -0.1) is 0 Å². The van der Waals surface area contributed by atoms with Gasteiger partial charge in [-0.2, -0.15) is 0 Å². The molecule has 0 atom stereocenters. The Kier molecular flexibility index (Phi) is 7.31. The van der Waals surface area contributed by atoms with Gasteiger partial charge in [-0.05, 0) is 24.3 Å². The van der Waals surface area contributed by atoms with Gasteiger partial charge in [-0.1, -0.05) is 36.4 Å². The summed E-state index contributed by atoms with van der Waals surface area (Å²) in [4.78, 5) is 22.7. The minimum atomic E-state index is -0.610. The van der Waals surface area contributed by atoms with E-state index in [0.717, 1.165) is 0 Å². The van der Waals surface area contributed by atoms with Gasteiger partial charge in [0, 0.05) is 6.92 Å². The Hall–Kier alpha value is -3.02. The molecule has 0 radical (unpaired) electrons. The number of hydrogen-bond donors (Lipinski definition) is 1. The van der Waals surface area contributed by atoms with Crippen LogP contribution in [0.1, 0.15) is 6.92 Å². The highest BCUT2D eigenvalue weighted by molar-refractivity contribution is 5.80. The number of carbonyl (C=O) groups excluding carboxylic acids is 2. The second-order valence-electron chi connectivity index (χ2n) is 5.27. The zero-order valence-electron chi connectivity index (χ0n) is 14.0. The first-order chi connectivity index (χ1) is 12.1. The third kappa shape index (κ3) is 7.39. The smallest absolute Gasteiger partial charge is 0.325 e. The van der Waals surface area contributed by atoms with Gasteiger partial charge in [-0.25, -0.2) is 0 Å². The number of benzene rings is 2. The largest absolute Gasteiger partial charge is 0.490 e. The van der Waals surface area contributed by atoms with E-state index in [1.807, 2.05) is 60.7 Å². The SMILES string of the molecule is CC(=O)NCC(=O)OC(COc1ccccc1)COc1ccccc1. The highest BCUT2D eigenvalue weighted by Gasteiger charge is 2.17. The van der Waals surface area contributed by atoms with Crippen molar-refractivity contribution in [2.75, 3.05) is 19.8 Å². The highest BCUT2D eigenvalue weighted by Crippen LogP contribution is 2.12. The number of esters is 1. The molecule has 0 saturated heterocycles. The van der Waals surface area contributed by atoms with Crippen LogP contribution in [-0.2, 0) is 14.3 Å². The molecule has 2 aromatic carbocycles. The van der Waals surface area contributed by atoms with E-state index < -0.39 is 12.1 Å². The molecule has 1 N–H and O–H groups in total. The molecule has 0 heterocycles. The molecule has 0 aromatic heterocycles. The summed E-state index contributed by atoms with van der Waals surface area (Å²) >= 11 is 0. The Bertz CT molecular complexity index is 617. The van der Waals surface area contributed by atoms with E-state index in [9.17, 15) is 9.59 Å². The number of hydrogen-bond acceptors (Lipinski definition) is 5. The fourth-order valence-electron chi connectivity index (χ4n) is 1.95. The molecule has 2 rings (SSSR count). The summed E-state index contributed by atoms with van der Waals surface area (Å²) in [6, 6.07) is 18.4. The lowest BCUT2D eigenvalue weighted by Gasteiger charge is -2.19. The molecule has 0 fully saturated rings. The first kappa shape index (κ1) is 18.3. The van der Waals surface area contributed by atoms with E-state index in [1.165, 1.54) is 6.92 Å². The average Bonchev–Trinajstić information content (AvgIpc) is 2.64. The third-order valence-electron chi connectivity index (χ3n) is 3.14. The highest BCUT2D eigenvalue weighted by atomic mass is 16.6. The Labute approximate surface area is 146 Å². The van der Waals surface area contributed by atoms with Gasteiger partial charge >= 0.3 is 5.97 Å². The third-order valence-corrected chi connectivity index (χ3v) is 3.14. The number of ether oxygens (including phenoxy) is 3. The summed E-state index contributed by atoms with van der Waals surface area (Å²) in [6.45, 7) is 1.43. The van der Waals surface area contributed by atoms with Crippen molar-refractivity contribution in [1.29, 1.82) is 0 Å². The second-order valence-corrected chi connectivity index (χ2v) is 5.27. The second kappa shape index (κ2) is 9.97. The van der Waals surface area contributed by atoms with E-state index in [1.54, 1.807) is 0 Å². The van der Waals surface area contributed by atoms with Gasteiger partial charge in [0.25, 0.3) is 0 Å². The normalized spacial score (nSPS) is 10.2. The summed E-state index contributed by atoms with van der Waals surface area (Å²) in [5.74, 6) is 0.498. The summed E-state index contributed by atoms with van der Waals surface area (Å²) < 4.78 is 16.6. The molecule has 0 aliphatic rings. The molecule has 0 aliphatic heterocycles. The van der Waals surface area contributed by atoms with Gasteiger partial charge < -0.3 is 19.5 Å². The fourth-order valence-corrected chi connectivity index (χ4v) is 1.95. The van der Waals surface area contributed by atoms with Crippen LogP contribution in [0, 0.1) is 0 Å². The van der Waals surface area contributed by atoms with Crippen molar-refractivity contribution in [3.63, 3.8) is 0 Å². The van der Waals surface area contributed by atoms with Gasteiger partial charge in [-0.3, -0.25) is 9.59 Å². The van der Waals surface area contributed by atoms with Gasteiger partial charge in [0.05, 0.1) is 0 Å². The average molecular weight is 343 g/mol. The topological polar surface area (TPSA) is 73.9 Å². The molecule has 0 aliphatic carbocycles. The van der Waals surface area contributed by atoms with Gasteiger partial charge in [0.2, 0.25) is 5.91 Å². The van der Waals surface area contributed by atoms with Crippen LogP contribution >= 0.6 is 0 Å². The summed E-state index contributed by atoms with van der Waals surface area (Å²) in [7, 11) is 0. The van der Waals surface area contributed by atoms with Crippen LogP contribution in [0.25, 0.3) is 0 Å². The molecule has 2 aromatic rings. The van der Waals surface area contributed by atoms with E-state index >= 15 is 0 Å². The quantitative estimate of drug-likeness (QED) is 0.707. The van der Waals surface area contributed by atoms with Crippen molar-refractivity contribution in [2.24, 2.45) is 0 Å². The van der Waals surface area contributed by atoms with E-state index in [0.29, 0.717) is 11.5 Å². The first-order valence-electron chi connectivity index (χ1n) is 7.93. The molecule has 0 spiro atoms. The Morgan fingerprint density at radius 2 is 1.36 bits per heavy atom.